The Morgan fingerprint density at radius 1 is 1.50 bits per heavy atom. The second-order valence-electron chi connectivity index (χ2n) is 3.32. The highest BCUT2D eigenvalue weighted by molar-refractivity contribution is 5.80. The molecule has 16 heavy (non-hydrogen) atoms. The van der Waals surface area contributed by atoms with E-state index in [9.17, 15) is 4.79 Å². The Balaban J connectivity index is 3.05. The summed E-state index contributed by atoms with van der Waals surface area (Å²) >= 11 is 0. The van der Waals surface area contributed by atoms with Crippen molar-refractivity contribution in [2.24, 2.45) is 0 Å². The Kier molecular flexibility index (Phi) is 3.95. The van der Waals surface area contributed by atoms with Crippen molar-refractivity contribution in [1.82, 2.24) is 9.97 Å². The molecule has 0 bridgehead atoms. The summed E-state index contributed by atoms with van der Waals surface area (Å²) in [6, 6.07) is 3.64. The standard InChI is InChI=1S/C11H13N3O2/c1-4-16-11(15)9(6-12)10-13-7(2)5-8(3)14-10/h5,9H,4H2,1-3H3. The van der Waals surface area contributed by atoms with Gasteiger partial charge in [0.05, 0.1) is 12.7 Å². The number of nitriles is 1. The molecule has 0 aromatic carbocycles. The first-order valence-electron chi connectivity index (χ1n) is 4.97. The van der Waals surface area contributed by atoms with Gasteiger partial charge in [0.15, 0.2) is 5.82 Å². The van der Waals surface area contributed by atoms with Gasteiger partial charge in [-0.1, -0.05) is 0 Å². The molecule has 0 saturated carbocycles. The number of ether oxygens (including phenoxy) is 1. The highest BCUT2D eigenvalue weighted by Crippen LogP contribution is 2.13. The van der Waals surface area contributed by atoms with Gasteiger partial charge in [-0.25, -0.2) is 9.97 Å². The molecule has 1 rings (SSSR count). The van der Waals surface area contributed by atoms with Crippen LogP contribution in [0.2, 0.25) is 0 Å². The number of hydrogen-bond acceptors (Lipinski definition) is 5. The monoisotopic (exact) mass is 219 g/mol. The molecule has 0 fully saturated rings. The number of carbonyl (C=O) groups is 1. The normalized spacial score (nSPS) is 11.6. The molecule has 84 valence electrons. The minimum Gasteiger partial charge on any atom is -0.465 e. The van der Waals surface area contributed by atoms with Crippen molar-refractivity contribution in [1.29, 1.82) is 5.26 Å². The average Bonchev–Trinajstić information content (AvgIpc) is 2.17. The largest absolute Gasteiger partial charge is 0.465 e. The third-order valence-corrected chi connectivity index (χ3v) is 1.91. The van der Waals surface area contributed by atoms with Crippen molar-refractivity contribution >= 4 is 5.97 Å². The third-order valence-electron chi connectivity index (χ3n) is 1.91. The summed E-state index contributed by atoms with van der Waals surface area (Å²) in [7, 11) is 0. The molecule has 1 atom stereocenters. The first-order valence-corrected chi connectivity index (χ1v) is 4.97. The number of rotatable bonds is 3. The van der Waals surface area contributed by atoms with Crippen LogP contribution in [0.3, 0.4) is 0 Å². The van der Waals surface area contributed by atoms with Crippen LogP contribution in [-0.2, 0) is 9.53 Å². The minimum absolute atomic E-state index is 0.207. The SMILES string of the molecule is CCOC(=O)C(C#N)c1nc(C)cc(C)n1. The molecule has 5 heteroatoms. The van der Waals surface area contributed by atoms with E-state index in [0.717, 1.165) is 11.4 Å². The Morgan fingerprint density at radius 3 is 2.50 bits per heavy atom. The van der Waals surface area contributed by atoms with Crippen LogP contribution >= 0.6 is 0 Å². The number of aromatic nitrogens is 2. The lowest BCUT2D eigenvalue weighted by Gasteiger charge is -2.08. The number of aryl methyl sites for hydroxylation is 2. The highest BCUT2D eigenvalue weighted by Gasteiger charge is 2.24. The molecule has 1 heterocycles. The van der Waals surface area contributed by atoms with Gasteiger partial charge in [-0.2, -0.15) is 5.26 Å². The van der Waals surface area contributed by atoms with Crippen molar-refractivity contribution in [3.8, 4) is 6.07 Å². The quantitative estimate of drug-likeness (QED) is 0.715. The van der Waals surface area contributed by atoms with Crippen molar-refractivity contribution in [3.05, 3.63) is 23.3 Å². The molecule has 1 unspecified atom stereocenters. The van der Waals surface area contributed by atoms with Crippen molar-refractivity contribution in [3.63, 3.8) is 0 Å². The van der Waals surface area contributed by atoms with Crippen molar-refractivity contribution < 1.29 is 9.53 Å². The summed E-state index contributed by atoms with van der Waals surface area (Å²) in [5.74, 6) is -1.44. The predicted octanol–water partition coefficient (Wildman–Crippen LogP) is 1.26. The van der Waals surface area contributed by atoms with Crippen LogP contribution in [0.5, 0.6) is 0 Å². The molecule has 0 spiro atoms. The van der Waals surface area contributed by atoms with Crippen LogP contribution < -0.4 is 0 Å². The first-order chi connectivity index (χ1) is 7.58. The maximum atomic E-state index is 11.5. The molecule has 1 aromatic heterocycles. The van der Waals surface area contributed by atoms with Gasteiger partial charge in [-0.15, -0.1) is 0 Å². The van der Waals surface area contributed by atoms with E-state index in [0.29, 0.717) is 0 Å². The van der Waals surface area contributed by atoms with Gasteiger partial charge >= 0.3 is 5.97 Å². The maximum Gasteiger partial charge on any atom is 0.331 e. The summed E-state index contributed by atoms with van der Waals surface area (Å²) in [5, 5.41) is 8.93. The lowest BCUT2D eigenvalue weighted by Crippen LogP contribution is -2.17. The summed E-state index contributed by atoms with van der Waals surface area (Å²) in [5.41, 5.74) is 1.46. The van der Waals surface area contributed by atoms with Crippen LogP contribution in [0.4, 0.5) is 0 Å². The van der Waals surface area contributed by atoms with Gasteiger partial charge in [-0.05, 0) is 26.8 Å². The zero-order chi connectivity index (χ0) is 12.1. The van der Waals surface area contributed by atoms with Crippen LogP contribution in [0.15, 0.2) is 6.07 Å². The van der Waals surface area contributed by atoms with Gasteiger partial charge in [0.2, 0.25) is 5.92 Å². The molecular weight excluding hydrogens is 206 g/mol. The number of esters is 1. The van der Waals surface area contributed by atoms with Crippen LogP contribution in [0.1, 0.15) is 30.1 Å². The van der Waals surface area contributed by atoms with E-state index in [1.54, 1.807) is 26.8 Å². The van der Waals surface area contributed by atoms with Crippen LogP contribution in [0.25, 0.3) is 0 Å². The third kappa shape index (κ3) is 2.76. The van der Waals surface area contributed by atoms with Gasteiger partial charge < -0.3 is 4.74 Å². The Bertz CT molecular complexity index is 417. The molecule has 0 aliphatic rings. The van der Waals surface area contributed by atoms with Crippen molar-refractivity contribution in [2.75, 3.05) is 6.61 Å². The lowest BCUT2D eigenvalue weighted by molar-refractivity contribution is -0.143. The maximum absolute atomic E-state index is 11.5. The van der Waals surface area contributed by atoms with Gasteiger partial charge in [0.25, 0.3) is 0 Å². The van der Waals surface area contributed by atoms with E-state index in [2.05, 4.69) is 9.97 Å². The van der Waals surface area contributed by atoms with Crippen LogP contribution in [-0.4, -0.2) is 22.5 Å². The Morgan fingerprint density at radius 2 is 2.06 bits per heavy atom. The summed E-state index contributed by atoms with van der Waals surface area (Å²) in [6.45, 7) is 5.51. The van der Waals surface area contributed by atoms with E-state index >= 15 is 0 Å². The van der Waals surface area contributed by atoms with Gasteiger partial charge in [0.1, 0.15) is 0 Å². The average molecular weight is 219 g/mol. The van der Waals surface area contributed by atoms with Crippen LogP contribution in [0, 0.1) is 25.2 Å². The molecule has 0 saturated heterocycles. The Labute approximate surface area is 94.1 Å². The summed E-state index contributed by atoms with van der Waals surface area (Å²) < 4.78 is 4.79. The number of carbonyl (C=O) groups excluding carboxylic acids is 1. The second kappa shape index (κ2) is 5.21. The first kappa shape index (κ1) is 12.1. The fourth-order valence-corrected chi connectivity index (χ4v) is 1.32. The molecule has 0 N–H and O–H groups in total. The number of hydrogen-bond donors (Lipinski definition) is 0. The molecule has 0 aliphatic heterocycles. The van der Waals surface area contributed by atoms with E-state index in [1.807, 2.05) is 6.07 Å². The van der Waals surface area contributed by atoms with Crippen molar-refractivity contribution in [2.45, 2.75) is 26.7 Å². The molecule has 5 nitrogen and oxygen atoms in total. The molecular formula is C11H13N3O2. The minimum atomic E-state index is -1.04. The summed E-state index contributed by atoms with van der Waals surface area (Å²) in [4.78, 5) is 19.6. The smallest absolute Gasteiger partial charge is 0.331 e. The number of nitrogens with zero attached hydrogens (tertiary/aromatic N) is 3. The molecule has 0 amide bonds. The van der Waals surface area contributed by atoms with E-state index in [4.69, 9.17) is 10.00 Å². The van der Waals surface area contributed by atoms with Gasteiger partial charge in [0, 0.05) is 11.4 Å². The lowest BCUT2D eigenvalue weighted by atomic mass is 10.1. The predicted molar refractivity (Wildman–Crippen MR) is 56.5 cm³/mol. The molecule has 0 aliphatic carbocycles. The van der Waals surface area contributed by atoms with E-state index in [1.165, 1.54) is 0 Å². The molecule has 0 radical (unpaired) electrons. The fourth-order valence-electron chi connectivity index (χ4n) is 1.32. The highest BCUT2D eigenvalue weighted by atomic mass is 16.5. The molecule has 1 aromatic rings. The van der Waals surface area contributed by atoms with Gasteiger partial charge in [-0.3, -0.25) is 4.79 Å². The zero-order valence-electron chi connectivity index (χ0n) is 9.52. The summed E-state index contributed by atoms with van der Waals surface area (Å²) in [6.07, 6.45) is 0. The zero-order valence-corrected chi connectivity index (χ0v) is 9.52. The van der Waals surface area contributed by atoms with E-state index in [-0.39, 0.29) is 12.4 Å². The fraction of sp³-hybridized carbons (Fsp3) is 0.455. The topological polar surface area (TPSA) is 75.9 Å². The Hall–Kier alpha value is -1.96. The second-order valence-corrected chi connectivity index (χ2v) is 3.32. The van der Waals surface area contributed by atoms with E-state index < -0.39 is 11.9 Å².